The van der Waals surface area contributed by atoms with E-state index in [4.69, 9.17) is 4.74 Å². The Kier molecular flexibility index (Phi) is 5.26. The summed E-state index contributed by atoms with van der Waals surface area (Å²) in [5.74, 6) is 0.117. The van der Waals surface area contributed by atoms with Crippen LogP contribution in [0.4, 0.5) is 0 Å². The van der Waals surface area contributed by atoms with Crippen molar-refractivity contribution in [3.63, 3.8) is 0 Å². The number of carbonyl (C=O) groups excluding carboxylic acids is 1. The van der Waals surface area contributed by atoms with Crippen molar-refractivity contribution in [2.75, 3.05) is 13.1 Å². The van der Waals surface area contributed by atoms with Crippen LogP contribution in [0.2, 0.25) is 0 Å². The number of ether oxygens (including phenoxy) is 1. The molecule has 4 fully saturated rings. The van der Waals surface area contributed by atoms with Crippen LogP contribution in [-0.4, -0.2) is 36.2 Å². The fourth-order valence-corrected chi connectivity index (χ4v) is 4.89. The van der Waals surface area contributed by atoms with Crippen molar-refractivity contribution >= 4 is 5.97 Å². The average molecular weight is 352 g/mol. The zero-order valence-corrected chi connectivity index (χ0v) is 15.0. The lowest BCUT2D eigenvalue weighted by atomic mass is 9.74. The van der Waals surface area contributed by atoms with Gasteiger partial charge >= 0.3 is 5.97 Å². The highest BCUT2D eigenvalue weighted by Crippen LogP contribution is 2.37. The van der Waals surface area contributed by atoms with Gasteiger partial charge < -0.3 is 4.74 Å². The van der Waals surface area contributed by atoms with E-state index in [1.54, 1.807) is 0 Å². The molecular formula is C17H32N6O2. The summed E-state index contributed by atoms with van der Waals surface area (Å²) in [7, 11) is 0. The molecule has 8 heteroatoms. The Balaban J connectivity index is 1.22. The second-order valence-electron chi connectivity index (χ2n) is 8.32. The van der Waals surface area contributed by atoms with Crippen molar-refractivity contribution in [2.45, 2.75) is 81.4 Å². The second-order valence-corrected chi connectivity index (χ2v) is 8.32. The minimum absolute atomic E-state index is 0.0362. The SMILES string of the molecule is O=C(OC1CCC2(CCNNN2)CC1)C1CCC2(CCNNN2)CC1. The maximum Gasteiger partial charge on any atom is 0.309 e. The van der Waals surface area contributed by atoms with E-state index in [0.29, 0.717) is 0 Å². The monoisotopic (exact) mass is 352 g/mol. The molecule has 2 saturated carbocycles. The van der Waals surface area contributed by atoms with E-state index >= 15 is 0 Å². The van der Waals surface area contributed by atoms with Crippen LogP contribution < -0.4 is 32.8 Å². The predicted octanol–water partition coefficient (Wildman–Crippen LogP) is 0.145. The highest BCUT2D eigenvalue weighted by Gasteiger charge is 2.41. The lowest BCUT2D eigenvalue weighted by Crippen LogP contribution is -2.64. The van der Waals surface area contributed by atoms with Gasteiger partial charge in [0.2, 0.25) is 0 Å². The molecule has 0 aromatic heterocycles. The molecule has 0 atom stereocenters. The molecule has 25 heavy (non-hydrogen) atoms. The molecule has 0 radical (unpaired) electrons. The summed E-state index contributed by atoms with van der Waals surface area (Å²) < 4.78 is 5.89. The molecule has 4 aliphatic rings. The van der Waals surface area contributed by atoms with Crippen LogP contribution in [0, 0.1) is 5.92 Å². The van der Waals surface area contributed by atoms with Gasteiger partial charge in [-0.1, -0.05) is 0 Å². The van der Waals surface area contributed by atoms with E-state index < -0.39 is 0 Å². The minimum atomic E-state index is 0.0362. The molecule has 8 nitrogen and oxygen atoms in total. The van der Waals surface area contributed by atoms with Crippen LogP contribution in [0.1, 0.15) is 64.2 Å². The van der Waals surface area contributed by atoms with E-state index in [1.165, 1.54) is 0 Å². The first-order valence-corrected chi connectivity index (χ1v) is 9.89. The summed E-state index contributed by atoms with van der Waals surface area (Å²) in [6, 6.07) is 0. The summed E-state index contributed by atoms with van der Waals surface area (Å²) in [4.78, 5) is 12.6. The fourth-order valence-electron chi connectivity index (χ4n) is 4.89. The van der Waals surface area contributed by atoms with Crippen molar-refractivity contribution < 1.29 is 9.53 Å². The van der Waals surface area contributed by atoms with Gasteiger partial charge in [-0.3, -0.25) is 4.79 Å². The summed E-state index contributed by atoms with van der Waals surface area (Å²) in [5, 5.41) is 0. The molecule has 0 bridgehead atoms. The number of esters is 1. The fraction of sp³-hybridized carbons (Fsp3) is 0.941. The molecule has 2 aliphatic heterocycles. The zero-order valence-electron chi connectivity index (χ0n) is 15.0. The molecule has 0 amide bonds. The van der Waals surface area contributed by atoms with Crippen LogP contribution in [0.3, 0.4) is 0 Å². The smallest absolute Gasteiger partial charge is 0.309 e. The summed E-state index contributed by atoms with van der Waals surface area (Å²) in [5.41, 5.74) is 19.4. The topological polar surface area (TPSA) is 98.5 Å². The molecule has 4 rings (SSSR count). The van der Waals surface area contributed by atoms with Crippen molar-refractivity contribution in [2.24, 2.45) is 5.92 Å². The van der Waals surface area contributed by atoms with Gasteiger partial charge in [-0.05, 0) is 64.2 Å². The van der Waals surface area contributed by atoms with E-state index in [0.717, 1.165) is 77.3 Å². The van der Waals surface area contributed by atoms with Gasteiger partial charge in [0.25, 0.3) is 0 Å². The van der Waals surface area contributed by atoms with Crippen LogP contribution in [0.25, 0.3) is 0 Å². The third-order valence-electron chi connectivity index (χ3n) is 6.74. The van der Waals surface area contributed by atoms with Crippen molar-refractivity contribution in [1.82, 2.24) is 32.8 Å². The molecule has 2 spiro atoms. The minimum Gasteiger partial charge on any atom is -0.462 e. The molecule has 6 N–H and O–H groups in total. The maximum atomic E-state index is 12.6. The highest BCUT2D eigenvalue weighted by atomic mass is 16.5. The maximum absolute atomic E-state index is 12.6. The van der Waals surface area contributed by atoms with Crippen LogP contribution in [0.5, 0.6) is 0 Å². The Morgan fingerprint density at radius 3 is 1.76 bits per heavy atom. The number of hydrazine groups is 4. The molecule has 0 unspecified atom stereocenters. The normalized spacial score (nSPS) is 42.4. The van der Waals surface area contributed by atoms with Crippen molar-refractivity contribution in [3.8, 4) is 0 Å². The van der Waals surface area contributed by atoms with E-state index in [2.05, 4.69) is 32.8 Å². The summed E-state index contributed by atoms with van der Waals surface area (Å²) >= 11 is 0. The molecule has 2 heterocycles. The lowest BCUT2D eigenvalue weighted by Gasteiger charge is -2.44. The molecule has 0 aromatic carbocycles. The van der Waals surface area contributed by atoms with Crippen molar-refractivity contribution in [1.29, 1.82) is 0 Å². The number of hydrogen-bond donors (Lipinski definition) is 6. The van der Waals surface area contributed by atoms with Gasteiger partial charge in [-0.2, -0.15) is 11.1 Å². The quantitative estimate of drug-likeness (QED) is 0.391. The van der Waals surface area contributed by atoms with Crippen molar-refractivity contribution in [3.05, 3.63) is 0 Å². The summed E-state index contributed by atoms with van der Waals surface area (Å²) in [6.07, 6.45) is 10.3. The van der Waals surface area contributed by atoms with E-state index in [9.17, 15) is 4.79 Å². The van der Waals surface area contributed by atoms with Crippen LogP contribution >= 0.6 is 0 Å². The van der Waals surface area contributed by atoms with Gasteiger partial charge in [0.15, 0.2) is 0 Å². The third-order valence-corrected chi connectivity index (χ3v) is 6.74. The van der Waals surface area contributed by atoms with Gasteiger partial charge in [-0.15, -0.1) is 0 Å². The molecule has 142 valence electrons. The number of hydrogen-bond acceptors (Lipinski definition) is 8. The number of carbonyl (C=O) groups is 1. The summed E-state index contributed by atoms with van der Waals surface area (Å²) in [6.45, 7) is 1.96. The first kappa shape index (κ1) is 17.6. The Bertz CT molecular complexity index is 456. The van der Waals surface area contributed by atoms with Crippen LogP contribution in [-0.2, 0) is 9.53 Å². The molecule has 0 aromatic rings. The number of nitrogens with one attached hydrogen (secondary N) is 6. The standard InChI is InChI=1S/C17H32N6O2/c24-15(13-1-5-16(6-2-13)9-11-18-22-20-16)25-14-3-7-17(8-4-14)10-12-19-23-21-17/h13-14,18-23H,1-12H2. The van der Waals surface area contributed by atoms with Gasteiger partial charge in [0.05, 0.1) is 5.92 Å². The Morgan fingerprint density at radius 1 is 0.760 bits per heavy atom. The largest absolute Gasteiger partial charge is 0.462 e. The predicted molar refractivity (Wildman–Crippen MR) is 93.6 cm³/mol. The molecular weight excluding hydrogens is 320 g/mol. The molecule has 2 aliphatic carbocycles. The Labute approximate surface area is 149 Å². The number of rotatable bonds is 2. The zero-order chi connectivity index (χ0) is 17.2. The van der Waals surface area contributed by atoms with E-state index in [1.807, 2.05) is 0 Å². The third kappa shape index (κ3) is 3.99. The van der Waals surface area contributed by atoms with Gasteiger partial charge in [0.1, 0.15) is 6.10 Å². The average Bonchev–Trinajstić information content (AvgIpc) is 2.66. The van der Waals surface area contributed by atoms with Gasteiger partial charge in [-0.25, -0.2) is 21.7 Å². The second kappa shape index (κ2) is 7.46. The van der Waals surface area contributed by atoms with E-state index in [-0.39, 0.29) is 29.1 Å². The highest BCUT2D eigenvalue weighted by molar-refractivity contribution is 5.72. The Morgan fingerprint density at radius 2 is 1.28 bits per heavy atom. The van der Waals surface area contributed by atoms with Gasteiger partial charge in [0, 0.05) is 24.2 Å². The first-order valence-electron chi connectivity index (χ1n) is 9.89. The molecule has 2 saturated heterocycles. The lowest BCUT2D eigenvalue weighted by molar-refractivity contribution is -0.158. The first-order chi connectivity index (χ1) is 12.2. The Hall–Kier alpha value is -0.770. The van der Waals surface area contributed by atoms with Crippen LogP contribution in [0.15, 0.2) is 0 Å².